The Labute approximate surface area is 68.2 Å². The first-order valence-corrected chi connectivity index (χ1v) is 4.95. The Morgan fingerprint density at radius 3 is 2.09 bits per heavy atom. The van der Waals surface area contributed by atoms with Crippen LogP contribution in [-0.2, 0) is 0 Å². The fourth-order valence-corrected chi connectivity index (χ4v) is 2.26. The lowest BCUT2D eigenvalue weighted by atomic mass is 10.0. The lowest BCUT2D eigenvalue weighted by Crippen LogP contribution is -2.61. The van der Waals surface area contributed by atoms with Gasteiger partial charge in [0.25, 0.3) is 0 Å². The number of likely N-dealkylation sites (tertiary alicyclic amines) is 2. The van der Waals surface area contributed by atoms with E-state index in [1.165, 1.54) is 45.3 Å². The van der Waals surface area contributed by atoms with Crippen molar-refractivity contribution in [3.63, 3.8) is 0 Å². The second-order valence-electron chi connectivity index (χ2n) is 4.13. The SMILES string of the molecule is C1CN(C2CCN2C2CC2)C1. The smallest absolute Gasteiger partial charge is 0.0637 e. The Hall–Kier alpha value is -0.0800. The highest BCUT2D eigenvalue weighted by Gasteiger charge is 2.43. The first-order valence-electron chi connectivity index (χ1n) is 4.95. The normalized spacial score (nSPS) is 39.8. The molecule has 2 nitrogen and oxygen atoms in total. The lowest BCUT2D eigenvalue weighted by Gasteiger charge is -2.51. The molecule has 1 saturated carbocycles. The van der Waals surface area contributed by atoms with Crippen LogP contribution in [0.2, 0.25) is 0 Å². The van der Waals surface area contributed by atoms with Gasteiger partial charge < -0.3 is 0 Å². The zero-order valence-electron chi connectivity index (χ0n) is 7.00. The van der Waals surface area contributed by atoms with Crippen molar-refractivity contribution in [2.45, 2.75) is 37.9 Å². The molecule has 62 valence electrons. The molecule has 2 aliphatic heterocycles. The van der Waals surface area contributed by atoms with Crippen LogP contribution in [0.5, 0.6) is 0 Å². The monoisotopic (exact) mass is 152 g/mol. The molecule has 2 saturated heterocycles. The third-order valence-corrected chi connectivity index (χ3v) is 3.36. The minimum absolute atomic E-state index is 0.872. The summed E-state index contributed by atoms with van der Waals surface area (Å²) in [6.45, 7) is 4.12. The van der Waals surface area contributed by atoms with E-state index in [1.54, 1.807) is 0 Å². The Balaban J connectivity index is 1.60. The van der Waals surface area contributed by atoms with Gasteiger partial charge in [-0.15, -0.1) is 0 Å². The molecule has 0 amide bonds. The summed E-state index contributed by atoms with van der Waals surface area (Å²) in [5.41, 5.74) is 0. The summed E-state index contributed by atoms with van der Waals surface area (Å²) in [5.74, 6) is 0. The summed E-state index contributed by atoms with van der Waals surface area (Å²) in [4.78, 5) is 5.35. The van der Waals surface area contributed by atoms with Gasteiger partial charge in [0.05, 0.1) is 6.17 Å². The maximum atomic E-state index is 2.71. The molecule has 0 aromatic rings. The summed E-state index contributed by atoms with van der Waals surface area (Å²) >= 11 is 0. The van der Waals surface area contributed by atoms with Gasteiger partial charge in [0, 0.05) is 25.7 Å². The predicted molar refractivity (Wildman–Crippen MR) is 44.3 cm³/mol. The Morgan fingerprint density at radius 1 is 0.909 bits per heavy atom. The van der Waals surface area contributed by atoms with Gasteiger partial charge in [-0.1, -0.05) is 0 Å². The predicted octanol–water partition coefficient (Wildman–Crippen LogP) is 0.886. The molecule has 3 rings (SSSR count). The molecule has 0 bridgehead atoms. The highest BCUT2D eigenvalue weighted by molar-refractivity contribution is 4.96. The van der Waals surface area contributed by atoms with Crippen LogP contribution in [0.25, 0.3) is 0 Å². The molecule has 0 radical (unpaired) electrons. The molecule has 1 unspecified atom stereocenters. The average molecular weight is 152 g/mol. The molecule has 0 aromatic heterocycles. The molecule has 2 heterocycles. The van der Waals surface area contributed by atoms with Crippen molar-refractivity contribution in [1.82, 2.24) is 9.80 Å². The zero-order valence-corrected chi connectivity index (χ0v) is 7.00. The maximum Gasteiger partial charge on any atom is 0.0637 e. The molecule has 0 N–H and O–H groups in total. The first-order chi connectivity index (χ1) is 5.45. The van der Waals surface area contributed by atoms with Crippen molar-refractivity contribution in [1.29, 1.82) is 0 Å². The van der Waals surface area contributed by atoms with E-state index >= 15 is 0 Å². The van der Waals surface area contributed by atoms with Crippen molar-refractivity contribution in [2.75, 3.05) is 19.6 Å². The number of rotatable bonds is 2. The van der Waals surface area contributed by atoms with Gasteiger partial charge in [-0.25, -0.2) is 0 Å². The van der Waals surface area contributed by atoms with E-state index in [2.05, 4.69) is 9.80 Å². The largest absolute Gasteiger partial charge is 0.288 e. The van der Waals surface area contributed by atoms with E-state index in [9.17, 15) is 0 Å². The summed E-state index contributed by atoms with van der Waals surface area (Å²) < 4.78 is 0. The first kappa shape index (κ1) is 6.44. The number of hydrogen-bond donors (Lipinski definition) is 0. The summed E-state index contributed by atoms with van der Waals surface area (Å²) in [6.07, 6.45) is 6.71. The zero-order chi connectivity index (χ0) is 7.26. The number of nitrogens with zero attached hydrogens (tertiary/aromatic N) is 2. The van der Waals surface area contributed by atoms with Gasteiger partial charge >= 0.3 is 0 Å². The lowest BCUT2D eigenvalue weighted by molar-refractivity contribution is -0.0689. The van der Waals surface area contributed by atoms with Crippen molar-refractivity contribution in [3.05, 3.63) is 0 Å². The molecular weight excluding hydrogens is 136 g/mol. The van der Waals surface area contributed by atoms with E-state index in [0.717, 1.165) is 12.2 Å². The third kappa shape index (κ3) is 0.926. The van der Waals surface area contributed by atoms with Gasteiger partial charge in [0.15, 0.2) is 0 Å². The summed E-state index contributed by atoms with van der Waals surface area (Å²) in [7, 11) is 0. The summed E-state index contributed by atoms with van der Waals surface area (Å²) in [6, 6.07) is 0.995. The standard InChI is InChI=1S/C9H16N2/c1-5-10(6-1)9-4-7-11(9)8-2-3-8/h8-9H,1-7H2. The van der Waals surface area contributed by atoms with Crippen LogP contribution in [0, 0.1) is 0 Å². The molecule has 11 heavy (non-hydrogen) atoms. The van der Waals surface area contributed by atoms with Gasteiger partial charge in [0.1, 0.15) is 0 Å². The van der Waals surface area contributed by atoms with Gasteiger partial charge in [0.2, 0.25) is 0 Å². The van der Waals surface area contributed by atoms with Crippen LogP contribution in [-0.4, -0.2) is 41.6 Å². The minimum atomic E-state index is 0.872. The third-order valence-electron chi connectivity index (χ3n) is 3.36. The van der Waals surface area contributed by atoms with E-state index in [1.807, 2.05) is 0 Å². The maximum absolute atomic E-state index is 2.71. The van der Waals surface area contributed by atoms with Gasteiger partial charge in [-0.05, 0) is 25.7 Å². The van der Waals surface area contributed by atoms with E-state index in [-0.39, 0.29) is 0 Å². The molecule has 3 fully saturated rings. The number of hydrogen-bond acceptors (Lipinski definition) is 2. The minimum Gasteiger partial charge on any atom is -0.288 e. The Morgan fingerprint density at radius 2 is 1.73 bits per heavy atom. The van der Waals surface area contributed by atoms with Gasteiger partial charge in [-0.2, -0.15) is 0 Å². The molecule has 2 heteroatoms. The molecule has 3 aliphatic rings. The van der Waals surface area contributed by atoms with Crippen LogP contribution in [0.3, 0.4) is 0 Å². The van der Waals surface area contributed by atoms with Crippen LogP contribution < -0.4 is 0 Å². The second-order valence-corrected chi connectivity index (χ2v) is 4.13. The molecule has 1 atom stereocenters. The molecule has 0 aromatic carbocycles. The highest BCUT2D eigenvalue weighted by Crippen LogP contribution is 2.36. The van der Waals surface area contributed by atoms with Crippen molar-refractivity contribution in [3.8, 4) is 0 Å². The topological polar surface area (TPSA) is 6.48 Å². The van der Waals surface area contributed by atoms with Crippen LogP contribution in [0.15, 0.2) is 0 Å². The van der Waals surface area contributed by atoms with Crippen LogP contribution >= 0.6 is 0 Å². The Kier molecular flexibility index (Phi) is 1.29. The Bertz CT molecular complexity index is 161. The van der Waals surface area contributed by atoms with E-state index in [4.69, 9.17) is 0 Å². The van der Waals surface area contributed by atoms with Crippen molar-refractivity contribution >= 4 is 0 Å². The van der Waals surface area contributed by atoms with Gasteiger partial charge in [-0.3, -0.25) is 9.80 Å². The molecule has 0 spiro atoms. The van der Waals surface area contributed by atoms with E-state index in [0.29, 0.717) is 0 Å². The van der Waals surface area contributed by atoms with Crippen molar-refractivity contribution in [2.24, 2.45) is 0 Å². The quantitative estimate of drug-likeness (QED) is 0.579. The van der Waals surface area contributed by atoms with Crippen molar-refractivity contribution < 1.29 is 0 Å². The average Bonchev–Trinajstić information content (AvgIpc) is 2.58. The van der Waals surface area contributed by atoms with Crippen LogP contribution in [0.4, 0.5) is 0 Å². The molecular formula is C9H16N2. The second kappa shape index (κ2) is 2.20. The highest BCUT2D eigenvalue weighted by atomic mass is 15.4. The van der Waals surface area contributed by atoms with Crippen LogP contribution in [0.1, 0.15) is 25.7 Å². The van der Waals surface area contributed by atoms with E-state index < -0.39 is 0 Å². The fraction of sp³-hybridized carbons (Fsp3) is 1.00. The summed E-state index contributed by atoms with van der Waals surface area (Å²) in [5, 5.41) is 0. The fourth-order valence-electron chi connectivity index (χ4n) is 2.26. The molecule has 1 aliphatic carbocycles.